The van der Waals surface area contributed by atoms with E-state index < -0.39 is 34.4 Å². The Morgan fingerprint density at radius 1 is 1.19 bits per heavy atom. The molecule has 0 saturated heterocycles. The van der Waals surface area contributed by atoms with Gasteiger partial charge in [0.15, 0.2) is 18.1 Å². The van der Waals surface area contributed by atoms with Gasteiger partial charge in [0.1, 0.15) is 5.56 Å². The van der Waals surface area contributed by atoms with E-state index in [0.29, 0.717) is 4.88 Å². The molecule has 0 bridgehead atoms. The number of ketones is 1. The summed E-state index contributed by atoms with van der Waals surface area (Å²) in [7, 11) is 0. The molecule has 1 aliphatic rings. The van der Waals surface area contributed by atoms with Gasteiger partial charge in [0.05, 0.1) is 22.4 Å². The number of nitrogens with one attached hydrogen (secondary N) is 1. The topological polar surface area (TPSA) is 134 Å². The number of Topliss-reactive ketones (excluding diaryl/α,β-unsaturated/α-hetero) is 1. The normalized spacial score (nSPS) is 12.4. The predicted molar refractivity (Wildman–Crippen MR) is 109 cm³/mol. The zero-order valence-corrected chi connectivity index (χ0v) is 17.9. The fourth-order valence-electron chi connectivity index (χ4n) is 2.58. The van der Waals surface area contributed by atoms with E-state index in [1.165, 1.54) is 11.3 Å². The molecule has 0 unspecified atom stereocenters. The summed E-state index contributed by atoms with van der Waals surface area (Å²) in [4.78, 5) is 48.3. The molecule has 3 rings (SSSR count). The molecule has 0 radical (unpaired) electrons. The summed E-state index contributed by atoms with van der Waals surface area (Å²) < 4.78 is 15.2. The molecule has 1 aliphatic heterocycles. The first kappa shape index (κ1) is 22.2. The van der Waals surface area contributed by atoms with Gasteiger partial charge in [-0.2, -0.15) is 0 Å². The highest BCUT2D eigenvalue weighted by Crippen LogP contribution is 2.38. The van der Waals surface area contributed by atoms with Crippen molar-refractivity contribution in [1.82, 2.24) is 5.32 Å². The van der Waals surface area contributed by atoms with Crippen LogP contribution >= 0.6 is 11.3 Å². The Morgan fingerprint density at radius 3 is 2.52 bits per heavy atom. The van der Waals surface area contributed by atoms with E-state index in [9.17, 15) is 24.5 Å². The van der Waals surface area contributed by atoms with Crippen molar-refractivity contribution in [2.75, 3.05) is 13.4 Å². The Hall–Kier alpha value is -3.47. The molecule has 31 heavy (non-hydrogen) atoms. The van der Waals surface area contributed by atoms with Gasteiger partial charge in [-0.3, -0.25) is 19.7 Å². The Balaban J connectivity index is 1.62. The zero-order chi connectivity index (χ0) is 22.8. The molecule has 1 aromatic heterocycles. The van der Waals surface area contributed by atoms with Gasteiger partial charge < -0.3 is 19.5 Å². The maximum Gasteiger partial charge on any atom is 0.345 e. The van der Waals surface area contributed by atoms with Crippen molar-refractivity contribution in [1.29, 1.82) is 0 Å². The minimum Gasteiger partial charge on any atom is -0.454 e. The van der Waals surface area contributed by atoms with Crippen molar-refractivity contribution in [3.63, 3.8) is 0 Å². The molecule has 0 atom stereocenters. The lowest BCUT2D eigenvalue weighted by Gasteiger charge is -2.17. The number of esters is 1. The average molecular weight is 448 g/mol. The first-order valence-electron chi connectivity index (χ1n) is 9.21. The predicted octanol–water partition coefficient (Wildman–Crippen LogP) is 3.09. The van der Waals surface area contributed by atoms with Crippen LogP contribution in [0.15, 0.2) is 24.3 Å². The minimum atomic E-state index is -1.02. The van der Waals surface area contributed by atoms with Crippen LogP contribution in [-0.2, 0) is 16.1 Å². The second-order valence-electron chi connectivity index (χ2n) is 7.68. The molecule has 2 heterocycles. The van der Waals surface area contributed by atoms with Gasteiger partial charge in [-0.15, -0.1) is 11.3 Å². The highest BCUT2D eigenvalue weighted by atomic mass is 32.1. The summed E-state index contributed by atoms with van der Waals surface area (Å²) in [6, 6.07) is 5.51. The number of nitro groups is 1. The number of amides is 1. The van der Waals surface area contributed by atoms with Crippen LogP contribution in [0.3, 0.4) is 0 Å². The molecule has 0 spiro atoms. The van der Waals surface area contributed by atoms with E-state index >= 15 is 0 Å². The van der Waals surface area contributed by atoms with Gasteiger partial charge in [-0.25, -0.2) is 4.79 Å². The van der Waals surface area contributed by atoms with Crippen LogP contribution in [0, 0.1) is 15.5 Å². The fourth-order valence-corrected chi connectivity index (χ4v) is 3.45. The van der Waals surface area contributed by atoms with Crippen LogP contribution in [-0.4, -0.2) is 36.0 Å². The number of rotatable bonds is 7. The van der Waals surface area contributed by atoms with Crippen LogP contribution < -0.4 is 14.8 Å². The van der Waals surface area contributed by atoms with Crippen molar-refractivity contribution < 1.29 is 33.5 Å². The van der Waals surface area contributed by atoms with Crippen LogP contribution in [0.4, 0.5) is 5.69 Å². The van der Waals surface area contributed by atoms with E-state index in [1.807, 2.05) is 0 Å². The number of benzene rings is 1. The van der Waals surface area contributed by atoms with Gasteiger partial charge in [0, 0.05) is 16.4 Å². The summed E-state index contributed by atoms with van der Waals surface area (Å²) >= 11 is 1.17. The van der Waals surface area contributed by atoms with E-state index in [0.717, 1.165) is 17.0 Å². The molecule has 10 nitrogen and oxygen atoms in total. The van der Waals surface area contributed by atoms with Crippen molar-refractivity contribution in [2.24, 2.45) is 5.41 Å². The SMILES string of the molecule is CC(C)(C)C(=O)NCc1ccc(C(=O)COC(=O)c2cc3c(cc2[N+](=O)[O-])OCO3)s1. The second-order valence-corrected chi connectivity index (χ2v) is 8.85. The number of carbonyl (C=O) groups is 3. The Morgan fingerprint density at radius 2 is 1.87 bits per heavy atom. The number of nitrogens with zero attached hydrogens (tertiary/aromatic N) is 1. The number of fused-ring (bicyclic) bond motifs is 1. The third-order valence-corrected chi connectivity index (χ3v) is 5.41. The number of thiophene rings is 1. The number of carbonyl (C=O) groups excluding carboxylic acids is 3. The minimum absolute atomic E-state index is 0.111. The summed E-state index contributed by atoms with van der Waals surface area (Å²) in [6.07, 6.45) is 0. The molecule has 2 aromatic rings. The van der Waals surface area contributed by atoms with E-state index in [4.69, 9.17) is 14.2 Å². The number of nitro benzene ring substituents is 1. The first-order valence-corrected chi connectivity index (χ1v) is 10.0. The van der Waals surface area contributed by atoms with E-state index in [1.54, 1.807) is 32.9 Å². The molecule has 1 aromatic carbocycles. The number of ether oxygens (including phenoxy) is 3. The van der Waals surface area contributed by atoms with Gasteiger partial charge in [-0.1, -0.05) is 20.8 Å². The Kier molecular flexibility index (Phi) is 6.25. The maximum absolute atomic E-state index is 12.4. The quantitative estimate of drug-likeness (QED) is 0.296. The van der Waals surface area contributed by atoms with Gasteiger partial charge >= 0.3 is 5.97 Å². The van der Waals surface area contributed by atoms with E-state index in [-0.39, 0.29) is 36.3 Å². The molecule has 11 heteroatoms. The van der Waals surface area contributed by atoms with Gasteiger partial charge in [0.25, 0.3) is 5.69 Å². The highest BCUT2D eigenvalue weighted by molar-refractivity contribution is 7.14. The van der Waals surface area contributed by atoms with Crippen LogP contribution in [0.25, 0.3) is 0 Å². The molecule has 1 N–H and O–H groups in total. The van der Waals surface area contributed by atoms with Gasteiger partial charge in [0.2, 0.25) is 18.5 Å². The van der Waals surface area contributed by atoms with Crippen LogP contribution in [0.2, 0.25) is 0 Å². The fraction of sp³-hybridized carbons (Fsp3) is 0.350. The summed E-state index contributed by atoms with van der Waals surface area (Å²) in [5.74, 6) is -1.26. The molecule has 0 fully saturated rings. The van der Waals surface area contributed by atoms with Crippen molar-refractivity contribution >= 4 is 34.7 Å². The highest BCUT2D eigenvalue weighted by Gasteiger charge is 2.28. The number of hydrogen-bond donors (Lipinski definition) is 1. The molecule has 0 saturated carbocycles. The standard InChI is InChI=1S/C20H20N2O8S/c1-20(2,3)19(25)21-8-11-4-5-17(31-11)14(23)9-28-18(24)12-6-15-16(30-10-29-15)7-13(12)22(26)27/h4-7H,8-10H2,1-3H3,(H,21,25). The van der Waals surface area contributed by atoms with Crippen LogP contribution in [0.1, 0.15) is 45.7 Å². The average Bonchev–Trinajstić information content (AvgIpc) is 3.36. The molecule has 0 aliphatic carbocycles. The lowest BCUT2D eigenvalue weighted by atomic mass is 9.96. The molecular formula is C20H20N2O8S. The molecule has 164 valence electrons. The number of hydrogen-bond acceptors (Lipinski definition) is 9. The first-order chi connectivity index (χ1) is 14.6. The monoisotopic (exact) mass is 448 g/mol. The molecule has 1 amide bonds. The zero-order valence-electron chi connectivity index (χ0n) is 17.1. The summed E-state index contributed by atoms with van der Waals surface area (Å²) in [5.41, 5.74) is -1.37. The maximum atomic E-state index is 12.4. The third-order valence-electron chi connectivity index (χ3n) is 4.28. The largest absolute Gasteiger partial charge is 0.454 e. The Labute approximate surface area is 181 Å². The van der Waals surface area contributed by atoms with Crippen molar-refractivity contribution in [3.8, 4) is 11.5 Å². The van der Waals surface area contributed by atoms with Gasteiger partial charge in [-0.05, 0) is 12.1 Å². The smallest absolute Gasteiger partial charge is 0.345 e. The third kappa shape index (κ3) is 5.18. The Bertz CT molecular complexity index is 1050. The lowest BCUT2D eigenvalue weighted by molar-refractivity contribution is -0.385. The van der Waals surface area contributed by atoms with E-state index in [2.05, 4.69) is 5.32 Å². The van der Waals surface area contributed by atoms with Crippen molar-refractivity contribution in [3.05, 3.63) is 49.7 Å². The van der Waals surface area contributed by atoms with Crippen LogP contribution in [0.5, 0.6) is 11.5 Å². The summed E-state index contributed by atoms with van der Waals surface area (Å²) in [6.45, 7) is 4.97. The summed E-state index contributed by atoms with van der Waals surface area (Å²) in [5, 5.41) is 14.1. The second kappa shape index (κ2) is 8.72. The van der Waals surface area contributed by atoms with Crippen molar-refractivity contribution in [2.45, 2.75) is 27.3 Å². The molecular weight excluding hydrogens is 428 g/mol. The lowest BCUT2D eigenvalue weighted by Crippen LogP contribution is -2.34.